The minimum absolute atomic E-state index is 0.199. The first-order valence-electron chi connectivity index (χ1n) is 11.0. The normalized spacial score (nSPS) is 19.2. The number of allylic oxidation sites excluding steroid dienone is 2. The van der Waals surface area contributed by atoms with Gasteiger partial charge in [-0.1, -0.05) is 42.5 Å². The summed E-state index contributed by atoms with van der Waals surface area (Å²) >= 11 is 0. The van der Waals surface area contributed by atoms with Crippen LogP contribution in [0.25, 0.3) is 32.9 Å². The molecule has 1 aliphatic carbocycles. The van der Waals surface area contributed by atoms with Crippen LogP contribution >= 0.6 is 0 Å². The van der Waals surface area contributed by atoms with E-state index in [2.05, 4.69) is 65.1 Å². The summed E-state index contributed by atoms with van der Waals surface area (Å²) in [4.78, 5) is 2.24. The van der Waals surface area contributed by atoms with Crippen molar-refractivity contribution in [1.29, 1.82) is 0 Å². The van der Waals surface area contributed by atoms with E-state index < -0.39 is 0 Å². The van der Waals surface area contributed by atoms with Crippen LogP contribution in [0.2, 0.25) is 0 Å². The van der Waals surface area contributed by atoms with E-state index in [1.165, 1.54) is 5.56 Å². The molecule has 2 N–H and O–H groups in total. The maximum absolute atomic E-state index is 11.4. The Morgan fingerprint density at radius 2 is 1.50 bits per heavy atom. The molecule has 2 atom stereocenters. The van der Waals surface area contributed by atoms with Crippen LogP contribution in [0.3, 0.4) is 0 Å². The highest BCUT2D eigenvalue weighted by atomic mass is 16.3. The minimum atomic E-state index is 0.199. The number of aryl methyl sites for hydroxylation is 3. The van der Waals surface area contributed by atoms with E-state index in [0.29, 0.717) is 5.56 Å². The van der Waals surface area contributed by atoms with Gasteiger partial charge in [0, 0.05) is 36.3 Å². The van der Waals surface area contributed by atoms with Crippen LogP contribution in [-0.4, -0.2) is 27.9 Å². The van der Waals surface area contributed by atoms with E-state index in [1.807, 2.05) is 33.0 Å². The Balaban J connectivity index is 1.80. The number of phenols is 2. The first-order chi connectivity index (χ1) is 15.4. The maximum Gasteiger partial charge on any atom is 0.128 e. The third kappa shape index (κ3) is 2.27. The standard InChI is InChI=1S/C28H26N2O2/c1-15-13-19-17-9-5-7-11-21(17)29(3)25(19)23(27(15)31)24-26-20(14-16(2)28(24)32)18-10-6-8-12-22(18)30(26)4/h5-14,17,21,31-32H,1-4H3. The molecule has 2 aliphatic rings. The Labute approximate surface area is 187 Å². The predicted octanol–water partition coefficient (Wildman–Crippen LogP) is 6.05. The molecule has 4 aromatic rings. The smallest absolute Gasteiger partial charge is 0.128 e. The molecule has 2 heterocycles. The van der Waals surface area contributed by atoms with Gasteiger partial charge < -0.3 is 19.7 Å². The van der Waals surface area contributed by atoms with Crippen LogP contribution in [0.15, 0.2) is 60.7 Å². The van der Waals surface area contributed by atoms with Crippen molar-refractivity contribution >= 4 is 27.5 Å². The quantitative estimate of drug-likeness (QED) is 0.392. The van der Waals surface area contributed by atoms with Crippen LogP contribution < -0.4 is 4.90 Å². The fourth-order valence-corrected chi connectivity index (χ4v) is 5.80. The average molecular weight is 423 g/mol. The second-order valence-corrected chi connectivity index (χ2v) is 9.14. The lowest BCUT2D eigenvalue weighted by Gasteiger charge is -2.26. The first-order valence-corrected chi connectivity index (χ1v) is 11.0. The van der Waals surface area contributed by atoms with Gasteiger partial charge in [0.15, 0.2) is 0 Å². The summed E-state index contributed by atoms with van der Waals surface area (Å²) in [7, 11) is 4.11. The molecule has 3 aromatic carbocycles. The van der Waals surface area contributed by atoms with Crippen LogP contribution in [0.5, 0.6) is 11.5 Å². The fourth-order valence-electron chi connectivity index (χ4n) is 5.80. The van der Waals surface area contributed by atoms with Crippen molar-refractivity contribution in [2.45, 2.75) is 25.8 Å². The Morgan fingerprint density at radius 1 is 0.812 bits per heavy atom. The van der Waals surface area contributed by atoms with Gasteiger partial charge in [0.2, 0.25) is 0 Å². The largest absolute Gasteiger partial charge is 0.507 e. The molecule has 0 amide bonds. The van der Waals surface area contributed by atoms with E-state index in [9.17, 15) is 10.2 Å². The highest BCUT2D eigenvalue weighted by molar-refractivity contribution is 6.16. The molecule has 160 valence electrons. The van der Waals surface area contributed by atoms with E-state index >= 15 is 0 Å². The van der Waals surface area contributed by atoms with E-state index in [4.69, 9.17) is 0 Å². The van der Waals surface area contributed by atoms with E-state index in [0.717, 1.165) is 44.2 Å². The molecule has 0 bridgehead atoms. The molecular weight excluding hydrogens is 396 g/mol. The number of hydrogen-bond donors (Lipinski definition) is 2. The molecule has 0 saturated heterocycles. The molecule has 4 nitrogen and oxygen atoms in total. The number of fused-ring (bicyclic) bond motifs is 6. The Bertz CT molecular complexity index is 1510. The van der Waals surface area contributed by atoms with Crippen molar-refractivity contribution in [3.8, 4) is 22.6 Å². The number of rotatable bonds is 1. The molecule has 0 radical (unpaired) electrons. The number of likely N-dealkylation sites (N-methyl/N-ethyl adjacent to an activating group) is 1. The van der Waals surface area contributed by atoms with Crippen LogP contribution in [0.1, 0.15) is 22.6 Å². The topological polar surface area (TPSA) is 48.6 Å². The number of phenolic OH excluding ortho intramolecular Hbond substituents is 2. The third-order valence-electron chi connectivity index (χ3n) is 7.36. The lowest BCUT2D eigenvalue weighted by molar-refractivity contribution is 0.465. The molecular formula is C28H26N2O2. The molecule has 32 heavy (non-hydrogen) atoms. The van der Waals surface area contributed by atoms with Gasteiger partial charge in [0.25, 0.3) is 0 Å². The SMILES string of the molecule is Cc1cc2c(c(-c3c(O)c(C)cc4c5ccccc5n(C)c34)c1O)N(C)C1C=CC=CC21. The average Bonchev–Trinajstić information content (AvgIpc) is 3.23. The molecule has 4 heteroatoms. The maximum atomic E-state index is 11.4. The van der Waals surface area contributed by atoms with Crippen LogP contribution in [0.4, 0.5) is 5.69 Å². The summed E-state index contributed by atoms with van der Waals surface area (Å²) in [5.74, 6) is 0.684. The zero-order chi connectivity index (χ0) is 22.3. The van der Waals surface area contributed by atoms with Crippen molar-refractivity contribution in [3.05, 3.63) is 77.4 Å². The highest BCUT2D eigenvalue weighted by Gasteiger charge is 2.39. The summed E-state index contributed by atoms with van der Waals surface area (Å²) in [6.07, 6.45) is 8.62. The van der Waals surface area contributed by atoms with Gasteiger partial charge in [-0.3, -0.25) is 0 Å². The van der Waals surface area contributed by atoms with Gasteiger partial charge in [-0.25, -0.2) is 0 Å². The molecule has 1 aliphatic heterocycles. The number of hydrogen-bond acceptors (Lipinski definition) is 3. The van der Waals surface area contributed by atoms with Crippen molar-refractivity contribution < 1.29 is 10.2 Å². The monoisotopic (exact) mass is 422 g/mol. The Kier molecular flexibility index (Phi) is 3.83. The molecule has 0 spiro atoms. The number of benzene rings is 3. The minimum Gasteiger partial charge on any atom is -0.507 e. The second-order valence-electron chi connectivity index (χ2n) is 9.14. The van der Waals surface area contributed by atoms with Gasteiger partial charge in [0.1, 0.15) is 11.5 Å². The molecule has 0 saturated carbocycles. The van der Waals surface area contributed by atoms with Gasteiger partial charge in [0.05, 0.1) is 28.4 Å². The van der Waals surface area contributed by atoms with E-state index in [1.54, 1.807) is 0 Å². The lowest BCUT2D eigenvalue weighted by atomic mass is 9.87. The van der Waals surface area contributed by atoms with Crippen LogP contribution in [-0.2, 0) is 7.05 Å². The van der Waals surface area contributed by atoms with E-state index in [-0.39, 0.29) is 23.5 Å². The Hall–Kier alpha value is -3.66. The van der Waals surface area contributed by atoms with Gasteiger partial charge in [-0.05, 0) is 48.7 Å². The number of para-hydroxylation sites is 1. The fraction of sp³-hybridized carbons (Fsp3) is 0.214. The summed E-state index contributed by atoms with van der Waals surface area (Å²) in [6.45, 7) is 3.88. The molecule has 1 aromatic heterocycles. The molecule has 2 unspecified atom stereocenters. The molecule has 6 rings (SSSR count). The zero-order valence-electron chi connectivity index (χ0n) is 18.7. The first kappa shape index (κ1) is 19.1. The lowest BCUT2D eigenvalue weighted by Crippen LogP contribution is -2.28. The van der Waals surface area contributed by atoms with Crippen molar-refractivity contribution in [3.63, 3.8) is 0 Å². The second kappa shape index (κ2) is 6.42. The van der Waals surface area contributed by atoms with Gasteiger partial charge in [-0.15, -0.1) is 0 Å². The highest BCUT2D eigenvalue weighted by Crippen LogP contribution is 2.55. The zero-order valence-corrected chi connectivity index (χ0v) is 18.7. The van der Waals surface area contributed by atoms with Crippen molar-refractivity contribution in [2.24, 2.45) is 7.05 Å². The van der Waals surface area contributed by atoms with Crippen molar-refractivity contribution in [1.82, 2.24) is 4.57 Å². The predicted molar refractivity (Wildman–Crippen MR) is 132 cm³/mol. The van der Waals surface area contributed by atoms with Crippen molar-refractivity contribution in [2.75, 3.05) is 11.9 Å². The Morgan fingerprint density at radius 3 is 2.31 bits per heavy atom. The number of nitrogens with zero attached hydrogens (tertiary/aromatic N) is 2. The summed E-state index contributed by atoms with van der Waals surface area (Å²) in [5.41, 5.74) is 7.27. The van der Waals surface area contributed by atoms with Gasteiger partial charge in [-0.2, -0.15) is 0 Å². The third-order valence-corrected chi connectivity index (χ3v) is 7.36. The summed E-state index contributed by atoms with van der Waals surface area (Å²) in [6, 6.07) is 12.7. The summed E-state index contributed by atoms with van der Waals surface area (Å²) < 4.78 is 2.13. The number of aromatic hydroxyl groups is 2. The molecule has 0 fully saturated rings. The summed E-state index contributed by atoms with van der Waals surface area (Å²) in [5, 5.41) is 25.1. The van der Waals surface area contributed by atoms with Crippen LogP contribution in [0, 0.1) is 13.8 Å². The number of aromatic nitrogens is 1. The number of anilines is 1. The van der Waals surface area contributed by atoms with Gasteiger partial charge >= 0.3 is 0 Å².